The van der Waals surface area contributed by atoms with Gasteiger partial charge in [-0.05, 0) is 48.0 Å². The van der Waals surface area contributed by atoms with E-state index in [1.807, 2.05) is 48.5 Å². The largest absolute Gasteiger partial charge is 0.345 e. The van der Waals surface area contributed by atoms with E-state index in [2.05, 4.69) is 26.3 Å². The summed E-state index contributed by atoms with van der Waals surface area (Å²) in [5.74, 6) is -0.143. The third-order valence-electron chi connectivity index (χ3n) is 4.59. The summed E-state index contributed by atoms with van der Waals surface area (Å²) in [5.41, 5.74) is 5.25. The summed E-state index contributed by atoms with van der Waals surface area (Å²) in [4.78, 5) is 24.4. The van der Waals surface area contributed by atoms with Crippen molar-refractivity contribution in [1.29, 1.82) is 0 Å². The lowest BCUT2D eigenvalue weighted by atomic mass is 10.1. The Morgan fingerprint density at radius 2 is 1.86 bits per heavy atom. The minimum Gasteiger partial charge on any atom is -0.345 e. The van der Waals surface area contributed by atoms with E-state index in [0.29, 0.717) is 5.56 Å². The highest BCUT2D eigenvalue weighted by Gasteiger charge is 2.09. The molecule has 3 aromatic carbocycles. The van der Waals surface area contributed by atoms with Crippen LogP contribution in [-0.4, -0.2) is 20.9 Å². The van der Waals surface area contributed by atoms with Gasteiger partial charge in [0.25, 0.3) is 5.91 Å². The molecule has 0 aliphatic rings. The molecule has 2 heterocycles. The molecule has 6 heteroatoms. The fraction of sp³-hybridized carbons (Fsp3) is 0.0455. The van der Waals surface area contributed by atoms with Gasteiger partial charge in [0.15, 0.2) is 0 Å². The number of para-hydroxylation sites is 1. The predicted octanol–water partition coefficient (Wildman–Crippen LogP) is 5.02. The van der Waals surface area contributed by atoms with Crippen LogP contribution in [0.5, 0.6) is 0 Å². The average molecular weight is 384 g/mol. The van der Waals surface area contributed by atoms with Crippen LogP contribution in [0.25, 0.3) is 21.3 Å². The fourth-order valence-corrected chi connectivity index (χ4v) is 4.16. The molecule has 0 radical (unpaired) electrons. The first kappa shape index (κ1) is 16.6. The van der Waals surface area contributed by atoms with Gasteiger partial charge in [0.2, 0.25) is 0 Å². The van der Waals surface area contributed by atoms with Crippen LogP contribution in [0.15, 0.2) is 73.1 Å². The highest BCUT2D eigenvalue weighted by Crippen LogP contribution is 2.24. The van der Waals surface area contributed by atoms with E-state index in [0.717, 1.165) is 39.2 Å². The number of aromatic nitrogens is 3. The Labute approximate surface area is 165 Å². The SMILES string of the molecule is O=C(Nc1ccc(Cc2nc3ccccc3s2)cc1)c1ccc2nc[nH]c2c1. The lowest BCUT2D eigenvalue weighted by molar-refractivity contribution is 0.102. The van der Waals surface area contributed by atoms with Crippen molar-refractivity contribution in [2.24, 2.45) is 0 Å². The standard InChI is InChI=1S/C22H16N4OS/c27-22(15-7-10-17-19(12-15)24-13-23-17)25-16-8-5-14(6-9-16)11-21-26-18-3-1-2-4-20(18)28-21/h1-10,12-13H,11H2,(H,23,24)(H,25,27). The van der Waals surface area contributed by atoms with Gasteiger partial charge >= 0.3 is 0 Å². The maximum atomic E-state index is 12.5. The van der Waals surface area contributed by atoms with Crippen molar-refractivity contribution >= 4 is 44.2 Å². The zero-order chi connectivity index (χ0) is 18.9. The number of H-pyrrole nitrogens is 1. The first-order chi connectivity index (χ1) is 13.7. The van der Waals surface area contributed by atoms with Gasteiger partial charge < -0.3 is 10.3 Å². The van der Waals surface area contributed by atoms with Gasteiger partial charge in [0, 0.05) is 17.7 Å². The second-order valence-corrected chi connectivity index (χ2v) is 7.65. The zero-order valence-electron chi connectivity index (χ0n) is 14.8. The highest BCUT2D eigenvalue weighted by molar-refractivity contribution is 7.18. The molecule has 1 amide bonds. The number of fused-ring (bicyclic) bond motifs is 2. The molecule has 2 aromatic heterocycles. The molecule has 0 saturated carbocycles. The van der Waals surface area contributed by atoms with Crippen LogP contribution in [0.2, 0.25) is 0 Å². The fourth-order valence-electron chi connectivity index (χ4n) is 3.16. The van der Waals surface area contributed by atoms with Crippen LogP contribution in [0, 0.1) is 0 Å². The number of amides is 1. The number of nitrogens with one attached hydrogen (secondary N) is 2. The lowest BCUT2D eigenvalue weighted by Gasteiger charge is -2.06. The van der Waals surface area contributed by atoms with Crippen molar-refractivity contribution in [3.05, 3.63) is 89.2 Å². The molecule has 0 saturated heterocycles. The third-order valence-corrected chi connectivity index (χ3v) is 5.62. The van der Waals surface area contributed by atoms with Crippen molar-refractivity contribution in [2.45, 2.75) is 6.42 Å². The molecule has 0 aliphatic heterocycles. The predicted molar refractivity (Wildman–Crippen MR) is 113 cm³/mol. The number of rotatable bonds is 4. The van der Waals surface area contributed by atoms with Gasteiger partial charge in [-0.1, -0.05) is 24.3 Å². The molecule has 2 N–H and O–H groups in total. The number of hydrogen-bond donors (Lipinski definition) is 2. The van der Waals surface area contributed by atoms with Crippen molar-refractivity contribution < 1.29 is 4.79 Å². The minimum absolute atomic E-state index is 0.143. The molecule has 0 fully saturated rings. The van der Waals surface area contributed by atoms with Crippen LogP contribution in [0.1, 0.15) is 20.9 Å². The normalized spacial score (nSPS) is 11.1. The van der Waals surface area contributed by atoms with E-state index in [1.54, 1.807) is 29.8 Å². The number of carbonyl (C=O) groups excluding carboxylic acids is 1. The third kappa shape index (κ3) is 3.25. The Kier molecular flexibility index (Phi) is 4.10. The van der Waals surface area contributed by atoms with Gasteiger partial charge in [0.05, 0.1) is 32.6 Å². The topological polar surface area (TPSA) is 70.7 Å². The monoisotopic (exact) mass is 384 g/mol. The molecule has 0 bridgehead atoms. The van der Waals surface area contributed by atoms with E-state index in [9.17, 15) is 4.79 Å². The van der Waals surface area contributed by atoms with Gasteiger partial charge in [-0.25, -0.2) is 9.97 Å². The number of imidazole rings is 1. The molecule has 5 rings (SSSR count). The number of aromatic amines is 1. The summed E-state index contributed by atoms with van der Waals surface area (Å²) < 4.78 is 1.20. The molecule has 5 nitrogen and oxygen atoms in total. The molecule has 5 aromatic rings. The maximum absolute atomic E-state index is 12.5. The maximum Gasteiger partial charge on any atom is 0.255 e. The van der Waals surface area contributed by atoms with Crippen molar-refractivity contribution in [3.63, 3.8) is 0 Å². The second kappa shape index (κ2) is 6.90. The van der Waals surface area contributed by atoms with E-state index < -0.39 is 0 Å². The van der Waals surface area contributed by atoms with Crippen LogP contribution in [0.3, 0.4) is 0 Å². The highest BCUT2D eigenvalue weighted by atomic mass is 32.1. The lowest BCUT2D eigenvalue weighted by Crippen LogP contribution is -2.11. The molecule has 0 spiro atoms. The summed E-state index contributed by atoms with van der Waals surface area (Å²) in [7, 11) is 0. The van der Waals surface area contributed by atoms with Crippen molar-refractivity contribution in [3.8, 4) is 0 Å². The summed E-state index contributed by atoms with van der Waals surface area (Å²) in [6.45, 7) is 0. The summed E-state index contributed by atoms with van der Waals surface area (Å²) in [6.07, 6.45) is 2.40. The molecule has 0 unspecified atom stereocenters. The smallest absolute Gasteiger partial charge is 0.255 e. The molecular formula is C22H16N4OS. The van der Waals surface area contributed by atoms with E-state index in [1.165, 1.54) is 4.70 Å². The number of benzene rings is 3. The number of anilines is 1. The van der Waals surface area contributed by atoms with Crippen molar-refractivity contribution in [2.75, 3.05) is 5.32 Å². The molecular weight excluding hydrogens is 368 g/mol. The van der Waals surface area contributed by atoms with Crippen LogP contribution < -0.4 is 5.32 Å². The van der Waals surface area contributed by atoms with Gasteiger partial charge in [-0.2, -0.15) is 0 Å². The van der Waals surface area contributed by atoms with Gasteiger partial charge in [-0.15, -0.1) is 11.3 Å². The average Bonchev–Trinajstić information content (AvgIpc) is 3.34. The zero-order valence-corrected chi connectivity index (χ0v) is 15.7. The molecule has 0 aliphatic carbocycles. The van der Waals surface area contributed by atoms with E-state index >= 15 is 0 Å². The number of thiazole rings is 1. The Morgan fingerprint density at radius 3 is 2.71 bits per heavy atom. The minimum atomic E-state index is -0.143. The number of carbonyl (C=O) groups is 1. The first-order valence-electron chi connectivity index (χ1n) is 8.92. The van der Waals surface area contributed by atoms with E-state index in [-0.39, 0.29) is 5.91 Å². The van der Waals surface area contributed by atoms with Crippen LogP contribution in [-0.2, 0) is 6.42 Å². The Hall–Kier alpha value is -3.51. The summed E-state index contributed by atoms with van der Waals surface area (Å²) in [5, 5.41) is 4.03. The van der Waals surface area contributed by atoms with Crippen LogP contribution >= 0.6 is 11.3 Å². The number of hydrogen-bond acceptors (Lipinski definition) is 4. The van der Waals surface area contributed by atoms with Crippen molar-refractivity contribution in [1.82, 2.24) is 15.0 Å². The van der Waals surface area contributed by atoms with E-state index in [4.69, 9.17) is 0 Å². The Morgan fingerprint density at radius 1 is 1.00 bits per heavy atom. The summed E-state index contributed by atoms with van der Waals surface area (Å²) in [6, 6.07) is 21.5. The number of nitrogens with zero attached hydrogens (tertiary/aromatic N) is 2. The second-order valence-electron chi connectivity index (χ2n) is 6.54. The van der Waals surface area contributed by atoms with Gasteiger partial charge in [-0.3, -0.25) is 4.79 Å². The van der Waals surface area contributed by atoms with Crippen LogP contribution in [0.4, 0.5) is 5.69 Å². The summed E-state index contributed by atoms with van der Waals surface area (Å²) >= 11 is 1.72. The molecule has 28 heavy (non-hydrogen) atoms. The first-order valence-corrected chi connectivity index (χ1v) is 9.74. The Bertz CT molecular complexity index is 1250. The quantitative estimate of drug-likeness (QED) is 0.457. The Balaban J connectivity index is 1.29. The van der Waals surface area contributed by atoms with Gasteiger partial charge in [0.1, 0.15) is 0 Å². The molecule has 0 atom stereocenters. The molecule has 136 valence electrons.